The summed E-state index contributed by atoms with van der Waals surface area (Å²) in [6, 6.07) is 11.2. The van der Waals surface area contributed by atoms with Crippen molar-refractivity contribution in [2.24, 2.45) is 0 Å². The van der Waals surface area contributed by atoms with Crippen LogP contribution in [0.1, 0.15) is 55.6 Å². The quantitative estimate of drug-likeness (QED) is 0.717. The van der Waals surface area contributed by atoms with E-state index < -0.39 is 0 Å². The molecule has 2 saturated heterocycles. The van der Waals surface area contributed by atoms with E-state index in [4.69, 9.17) is 4.98 Å². The van der Waals surface area contributed by atoms with Crippen molar-refractivity contribution < 1.29 is 4.79 Å². The average molecular weight is 437 g/mol. The Morgan fingerprint density at radius 1 is 1.12 bits per heavy atom. The molecule has 2 aliphatic rings. The molecule has 7 heteroatoms. The second kappa shape index (κ2) is 10.3. The number of carbonyl (C=O) groups excluding carboxylic acids is 1. The van der Waals surface area contributed by atoms with Crippen LogP contribution >= 0.6 is 0 Å². The van der Waals surface area contributed by atoms with Crippen LogP contribution in [0.5, 0.6) is 0 Å². The third kappa shape index (κ3) is 5.57. The lowest BCUT2D eigenvalue weighted by atomic mass is 9.94. The summed E-state index contributed by atoms with van der Waals surface area (Å²) in [5, 5.41) is 3.16. The van der Waals surface area contributed by atoms with Gasteiger partial charge >= 0.3 is 0 Å². The zero-order valence-corrected chi connectivity index (χ0v) is 19.7. The molecule has 2 aliphatic heterocycles. The minimum atomic E-state index is 0.0182. The monoisotopic (exact) mass is 436 g/mol. The van der Waals surface area contributed by atoms with E-state index in [1.807, 2.05) is 7.05 Å². The molecular formula is C25H36N6O. The molecule has 0 radical (unpaired) electrons. The number of amides is 1. The highest BCUT2D eigenvalue weighted by Crippen LogP contribution is 2.28. The van der Waals surface area contributed by atoms with Gasteiger partial charge in [0.2, 0.25) is 5.91 Å². The van der Waals surface area contributed by atoms with Crippen LogP contribution in [0, 0.1) is 0 Å². The van der Waals surface area contributed by atoms with Gasteiger partial charge in [0.05, 0.1) is 12.2 Å². The van der Waals surface area contributed by atoms with Crippen molar-refractivity contribution in [3.63, 3.8) is 0 Å². The van der Waals surface area contributed by atoms with Crippen molar-refractivity contribution in [2.75, 3.05) is 50.5 Å². The zero-order valence-electron chi connectivity index (χ0n) is 19.7. The highest BCUT2D eigenvalue weighted by atomic mass is 16.2. The van der Waals surface area contributed by atoms with Crippen LogP contribution in [0.25, 0.3) is 0 Å². The fourth-order valence-corrected chi connectivity index (χ4v) is 4.74. The Morgan fingerprint density at radius 3 is 2.56 bits per heavy atom. The first-order valence-electron chi connectivity index (χ1n) is 11.9. The normalized spacial score (nSPS) is 19.2. The summed E-state index contributed by atoms with van der Waals surface area (Å²) in [4.78, 5) is 27.7. The third-order valence-electron chi connectivity index (χ3n) is 6.70. The second-order valence-corrected chi connectivity index (χ2v) is 9.15. The standard InChI is InChI=1S/C25H36N6O/c1-19(32)29(3)18-25-27-23(15-24(26-2)28-25)21-7-6-12-30(17-21)16-20-8-10-22(11-9-20)31-13-4-5-14-31/h8-11,15,21H,4-7,12-14,16-18H2,1-3H3,(H,26,27,28)/t21-/m1/s1. The Hall–Kier alpha value is -2.67. The number of anilines is 2. The summed E-state index contributed by atoms with van der Waals surface area (Å²) in [5.41, 5.74) is 3.80. The van der Waals surface area contributed by atoms with Crippen LogP contribution in [0.15, 0.2) is 30.3 Å². The number of hydrogen-bond acceptors (Lipinski definition) is 6. The number of nitrogens with zero attached hydrogens (tertiary/aromatic N) is 5. The van der Waals surface area contributed by atoms with Crippen LogP contribution in [0.3, 0.4) is 0 Å². The van der Waals surface area contributed by atoms with Gasteiger partial charge in [-0.2, -0.15) is 0 Å². The fraction of sp³-hybridized carbons (Fsp3) is 0.560. The molecule has 4 rings (SSSR count). The molecule has 0 spiro atoms. The molecule has 1 N–H and O–H groups in total. The molecule has 0 aliphatic carbocycles. The van der Waals surface area contributed by atoms with Gasteiger partial charge < -0.3 is 15.1 Å². The van der Waals surface area contributed by atoms with Gasteiger partial charge in [-0.3, -0.25) is 9.69 Å². The van der Waals surface area contributed by atoms with Crippen molar-refractivity contribution in [3.8, 4) is 0 Å². The van der Waals surface area contributed by atoms with E-state index in [1.165, 1.54) is 37.2 Å². The summed E-state index contributed by atoms with van der Waals surface area (Å²) >= 11 is 0. The number of carbonyl (C=O) groups is 1. The lowest BCUT2D eigenvalue weighted by Crippen LogP contribution is -2.34. The summed E-state index contributed by atoms with van der Waals surface area (Å²) in [6.07, 6.45) is 4.91. The molecule has 0 bridgehead atoms. The van der Waals surface area contributed by atoms with E-state index in [0.717, 1.165) is 44.0 Å². The Labute approximate surface area is 191 Å². The molecule has 0 unspecified atom stereocenters. The fourth-order valence-electron chi connectivity index (χ4n) is 4.74. The minimum Gasteiger partial charge on any atom is -0.373 e. The zero-order chi connectivity index (χ0) is 22.5. The van der Waals surface area contributed by atoms with E-state index >= 15 is 0 Å². The molecule has 32 heavy (non-hydrogen) atoms. The topological polar surface area (TPSA) is 64.6 Å². The van der Waals surface area contributed by atoms with Gasteiger partial charge in [0.1, 0.15) is 11.6 Å². The molecule has 7 nitrogen and oxygen atoms in total. The van der Waals surface area contributed by atoms with Crippen molar-refractivity contribution in [3.05, 3.63) is 47.4 Å². The summed E-state index contributed by atoms with van der Waals surface area (Å²) in [6.45, 7) is 7.46. The summed E-state index contributed by atoms with van der Waals surface area (Å²) in [7, 11) is 3.67. The Balaban J connectivity index is 1.42. The Morgan fingerprint density at radius 2 is 1.88 bits per heavy atom. The maximum Gasteiger partial charge on any atom is 0.219 e. The lowest BCUT2D eigenvalue weighted by molar-refractivity contribution is -0.128. The number of hydrogen-bond donors (Lipinski definition) is 1. The van der Waals surface area contributed by atoms with E-state index in [0.29, 0.717) is 18.3 Å². The SMILES string of the molecule is CNc1cc([C@@H]2CCCN(Cc3ccc(N4CCCC4)cc3)C2)nc(CN(C)C(C)=O)n1. The van der Waals surface area contributed by atoms with E-state index in [9.17, 15) is 4.79 Å². The molecule has 172 valence electrons. The molecule has 2 aromatic rings. The van der Waals surface area contributed by atoms with Crippen LogP contribution in [0.2, 0.25) is 0 Å². The maximum atomic E-state index is 11.6. The molecular weight excluding hydrogens is 400 g/mol. The second-order valence-electron chi connectivity index (χ2n) is 9.15. The van der Waals surface area contributed by atoms with Crippen LogP contribution in [0.4, 0.5) is 11.5 Å². The molecule has 1 aromatic heterocycles. The average Bonchev–Trinajstić information content (AvgIpc) is 3.34. The van der Waals surface area contributed by atoms with Crippen LogP contribution < -0.4 is 10.2 Å². The first kappa shape index (κ1) is 22.5. The first-order chi connectivity index (χ1) is 15.5. The van der Waals surface area contributed by atoms with Gasteiger partial charge in [0, 0.05) is 64.9 Å². The maximum absolute atomic E-state index is 11.6. The Kier molecular flexibility index (Phi) is 7.25. The molecule has 3 heterocycles. The molecule has 1 amide bonds. The molecule has 1 aromatic carbocycles. The van der Waals surface area contributed by atoms with E-state index in [2.05, 4.69) is 50.4 Å². The predicted octanol–water partition coefficient (Wildman–Crippen LogP) is 3.48. The number of benzene rings is 1. The van der Waals surface area contributed by atoms with Gasteiger partial charge in [0.25, 0.3) is 0 Å². The Bertz CT molecular complexity index is 909. The number of rotatable bonds is 7. The first-order valence-corrected chi connectivity index (χ1v) is 11.9. The summed E-state index contributed by atoms with van der Waals surface area (Å²) < 4.78 is 0. The highest BCUT2D eigenvalue weighted by molar-refractivity contribution is 5.72. The van der Waals surface area contributed by atoms with Crippen LogP contribution in [-0.2, 0) is 17.9 Å². The minimum absolute atomic E-state index is 0.0182. The largest absolute Gasteiger partial charge is 0.373 e. The smallest absolute Gasteiger partial charge is 0.219 e. The summed E-state index contributed by atoms with van der Waals surface area (Å²) in [5.74, 6) is 1.91. The van der Waals surface area contributed by atoms with Gasteiger partial charge in [-0.1, -0.05) is 12.1 Å². The van der Waals surface area contributed by atoms with Gasteiger partial charge in [-0.05, 0) is 49.9 Å². The molecule has 0 saturated carbocycles. The number of piperidine rings is 1. The lowest BCUT2D eigenvalue weighted by Gasteiger charge is -2.33. The number of likely N-dealkylation sites (tertiary alicyclic amines) is 1. The van der Waals surface area contributed by atoms with Crippen molar-refractivity contribution >= 4 is 17.4 Å². The molecule has 1 atom stereocenters. The van der Waals surface area contributed by atoms with Crippen molar-refractivity contribution in [1.82, 2.24) is 19.8 Å². The molecule has 2 fully saturated rings. The van der Waals surface area contributed by atoms with E-state index in [1.54, 1.807) is 18.9 Å². The number of aromatic nitrogens is 2. The van der Waals surface area contributed by atoms with Crippen molar-refractivity contribution in [1.29, 1.82) is 0 Å². The highest BCUT2D eigenvalue weighted by Gasteiger charge is 2.24. The van der Waals surface area contributed by atoms with Gasteiger partial charge in [0.15, 0.2) is 0 Å². The van der Waals surface area contributed by atoms with Crippen molar-refractivity contribution in [2.45, 2.75) is 51.6 Å². The van der Waals surface area contributed by atoms with Gasteiger partial charge in [-0.25, -0.2) is 9.97 Å². The number of nitrogens with one attached hydrogen (secondary N) is 1. The van der Waals surface area contributed by atoms with Gasteiger partial charge in [-0.15, -0.1) is 0 Å². The van der Waals surface area contributed by atoms with Crippen LogP contribution in [-0.4, -0.2) is 65.9 Å². The third-order valence-corrected chi connectivity index (χ3v) is 6.70. The van der Waals surface area contributed by atoms with E-state index in [-0.39, 0.29) is 5.91 Å². The predicted molar refractivity (Wildman–Crippen MR) is 129 cm³/mol.